The summed E-state index contributed by atoms with van der Waals surface area (Å²) in [5.41, 5.74) is 0.972. The Bertz CT molecular complexity index is 2490. The topological polar surface area (TPSA) is 291 Å². The molecule has 7 fully saturated rings. The Balaban J connectivity index is 0.741. The van der Waals surface area contributed by atoms with Gasteiger partial charge in [-0.25, -0.2) is 10.7 Å². The molecule has 0 unspecified atom stereocenters. The molecule has 1 aliphatic heterocycles. The molecule has 2 aromatic rings. The first-order valence-corrected chi connectivity index (χ1v) is 24.0. The number of allylic oxidation sites excluding steroid dienone is 4. The smallest absolute Gasteiger partial charge is 0.407 e. The molecule has 1 saturated heterocycles. The number of hydrogen-bond acceptors (Lipinski definition) is 14. The number of nitrogens with two attached hydrogens (primary N) is 1. The minimum atomic E-state index is -1.43. The van der Waals surface area contributed by atoms with E-state index in [4.69, 9.17) is 25.2 Å². The van der Waals surface area contributed by atoms with Crippen molar-refractivity contribution in [3.63, 3.8) is 0 Å². The number of ether oxygens (including phenoxy) is 3. The molecule has 19 nitrogen and oxygen atoms in total. The number of aliphatic carboxylic acids is 1. The zero-order valence-corrected chi connectivity index (χ0v) is 39.2. The molecule has 6 saturated carbocycles. The van der Waals surface area contributed by atoms with E-state index in [0.717, 1.165) is 55.2 Å². The number of carboxylic acids is 1. The lowest BCUT2D eigenvalue weighted by Gasteiger charge is -2.70. The summed E-state index contributed by atoms with van der Waals surface area (Å²) in [5.74, 6) is 1.13. The van der Waals surface area contributed by atoms with Crippen LogP contribution >= 0.6 is 0 Å². The summed E-state index contributed by atoms with van der Waals surface area (Å²) < 4.78 is 19.0. The Morgan fingerprint density at radius 2 is 1.69 bits per heavy atom. The van der Waals surface area contributed by atoms with Crippen molar-refractivity contribution in [2.24, 2.45) is 39.9 Å². The molecule has 374 valence electrons. The van der Waals surface area contributed by atoms with E-state index >= 15 is 0 Å². The number of carboxylic acid groups (broad SMARTS) is 1. The lowest BCUT2D eigenvalue weighted by Crippen LogP contribution is -2.75. The highest BCUT2D eigenvalue weighted by molar-refractivity contribution is 6.01. The minimum Gasteiger partial charge on any atom is -0.481 e. The summed E-state index contributed by atoms with van der Waals surface area (Å²) in [6, 6.07) is 13.3. The van der Waals surface area contributed by atoms with Gasteiger partial charge in [0.25, 0.3) is 0 Å². The molecule has 10 atom stereocenters. The number of carbonyl (C=O) groups excluding carboxylic acids is 6. The maximum absolute atomic E-state index is 14.0. The average Bonchev–Trinajstić information content (AvgIpc) is 3.81. The average molecular weight is 968 g/mol. The van der Waals surface area contributed by atoms with Crippen LogP contribution in [0.3, 0.4) is 0 Å². The van der Waals surface area contributed by atoms with Gasteiger partial charge in [-0.3, -0.25) is 33.6 Å². The van der Waals surface area contributed by atoms with Gasteiger partial charge in [-0.1, -0.05) is 61.9 Å². The van der Waals surface area contributed by atoms with Crippen LogP contribution in [0.5, 0.6) is 0 Å². The Hall–Kier alpha value is -5.83. The Kier molecular flexibility index (Phi) is 13.2. The molecule has 9 N–H and O–H groups in total. The van der Waals surface area contributed by atoms with E-state index in [0.29, 0.717) is 24.1 Å². The number of hydrogen-bond donors (Lipinski definition) is 8. The number of rotatable bonds is 18. The van der Waals surface area contributed by atoms with E-state index in [1.807, 2.05) is 37.3 Å². The summed E-state index contributed by atoms with van der Waals surface area (Å²) in [5, 5.41) is 41.8. The molecule has 4 amide bonds. The lowest BCUT2D eigenvalue weighted by atomic mass is 9.38. The maximum atomic E-state index is 14.0. The van der Waals surface area contributed by atoms with Crippen LogP contribution in [0.2, 0.25) is 0 Å². The number of alkyl carbamates (subject to hydrolysis) is 1. The molecule has 7 aliphatic carbocycles. The number of aliphatic hydroxyl groups is 2. The fourth-order valence-electron chi connectivity index (χ4n) is 13.8. The van der Waals surface area contributed by atoms with Gasteiger partial charge < -0.3 is 50.8 Å². The summed E-state index contributed by atoms with van der Waals surface area (Å²) in [7, 11) is 0. The second-order valence-corrected chi connectivity index (χ2v) is 21.1. The fourth-order valence-corrected chi connectivity index (χ4v) is 13.8. The van der Waals surface area contributed by atoms with Crippen molar-refractivity contribution in [3.05, 3.63) is 89.0 Å². The number of anilines is 1. The van der Waals surface area contributed by atoms with Crippen molar-refractivity contribution in [2.75, 3.05) is 25.1 Å². The van der Waals surface area contributed by atoms with E-state index in [1.165, 1.54) is 0 Å². The van der Waals surface area contributed by atoms with Gasteiger partial charge in [0.05, 0.1) is 18.8 Å². The largest absolute Gasteiger partial charge is 0.481 e. The predicted octanol–water partition coefficient (Wildman–Crippen LogP) is 2.98. The van der Waals surface area contributed by atoms with Gasteiger partial charge in [-0.05, 0) is 110 Å². The van der Waals surface area contributed by atoms with Crippen molar-refractivity contribution in [1.29, 1.82) is 0 Å². The number of carbonyl (C=O) groups is 7. The Labute approximate surface area is 404 Å². The molecule has 0 spiro atoms. The lowest BCUT2D eigenvalue weighted by molar-refractivity contribution is -0.201. The molecule has 19 heteroatoms. The SMILES string of the molecule is C[C@]12C=CC(=O)C=C1CC[C@@H]1[C@@H]2[C@@H](O)C[C@@]2(C)[C@H]1C[C@H]1O[C@@H](c3ccc(CC45CC(NC(=O)OCc6ccc(NC(=O)[C@H](CCC(=O)O)NC(=O)CNC(=O)CON)cc6)(C4)C5)cc3)O[C@]12C(=O)CO. The summed E-state index contributed by atoms with van der Waals surface area (Å²) in [6.07, 6.45) is 7.57. The van der Waals surface area contributed by atoms with Crippen LogP contribution in [0, 0.1) is 34.0 Å². The Morgan fingerprint density at radius 3 is 2.37 bits per heavy atom. The molecular formula is C51H61N5O14. The van der Waals surface area contributed by atoms with Crippen molar-refractivity contribution in [3.8, 4) is 0 Å². The van der Waals surface area contributed by atoms with Crippen molar-refractivity contribution < 1.29 is 67.9 Å². The van der Waals surface area contributed by atoms with Crippen molar-refractivity contribution >= 4 is 47.0 Å². The van der Waals surface area contributed by atoms with Crippen LogP contribution in [-0.4, -0.2) is 106 Å². The monoisotopic (exact) mass is 967 g/mol. The van der Waals surface area contributed by atoms with E-state index in [1.54, 1.807) is 36.4 Å². The summed E-state index contributed by atoms with van der Waals surface area (Å²) in [6.45, 7) is 2.46. The zero-order valence-electron chi connectivity index (χ0n) is 39.2. The predicted molar refractivity (Wildman–Crippen MR) is 246 cm³/mol. The molecule has 8 aliphatic rings. The van der Waals surface area contributed by atoms with Gasteiger partial charge in [-0.15, -0.1) is 0 Å². The highest BCUT2D eigenvalue weighted by atomic mass is 16.7. The van der Waals surface area contributed by atoms with Crippen LogP contribution in [0.1, 0.15) is 94.6 Å². The maximum Gasteiger partial charge on any atom is 0.407 e. The minimum absolute atomic E-state index is 0.00168. The first kappa shape index (κ1) is 49.2. The number of amides is 4. The molecule has 2 aromatic carbocycles. The van der Waals surface area contributed by atoms with Crippen LogP contribution in [0.15, 0.2) is 72.3 Å². The van der Waals surface area contributed by atoms with Crippen LogP contribution in [0.25, 0.3) is 0 Å². The number of nitrogens with one attached hydrogen (secondary N) is 4. The van der Waals surface area contributed by atoms with Gasteiger partial charge in [-0.2, -0.15) is 0 Å². The normalized spacial score (nSPS) is 34.4. The molecule has 0 radical (unpaired) electrons. The third kappa shape index (κ3) is 8.85. The van der Waals surface area contributed by atoms with Gasteiger partial charge >= 0.3 is 12.1 Å². The first-order valence-electron chi connectivity index (χ1n) is 24.0. The third-order valence-electron chi connectivity index (χ3n) is 16.7. The van der Waals surface area contributed by atoms with Crippen LogP contribution < -0.4 is 27.2 Å². The van der Waals surface area contributed by atoms with Crippen LogP contribution in [0.4, 0.5) is 10.5 Å². The Morgan fingerprint density at radius 1 is 0.971 bits per heavy atom. The van der Waals surface area contributed by atoms with Gasteiger partial charge in [0, 0.05) is 40.0 Å². The molecule has 0 aromatic heterocycles. The highest BCUT2D eigenvalue weighted by Gasteiger charge is 2.76. The van der Waals surface area contributed by atoms with Gasteiger partial charge in [0.15, 0.2) is 23.5 Å². The number of ketones is 2. The van der Waals surface area contributed by atoms with Gasteiger partial charge in [0.2, 0.25) is 17.7 Å². The van der Waals surface area contributed by atoms with E-state index < -0.39 is 103 Å². The standard InChI is InChI=1S/C51H61N5O14/c1-47-16-15-33(58)17-31(47)9-12-34-35-18-39-51(38(60)22-57,48(35,2)20-37(59)43(34)47)70-45(69-39)30-7-3-28(4-8-30)19-49-25-50(26-49,27-49)56-46(66)67-23-29-5-10-32(11-6-29)54-44(65)36(13-14-42(63)64)55-40(61)21-53-41(62)24-68-52/h3-8,10-11,15-17,34-37,39,43,45,57,59H,9,12-14,18-27,52H2,1-2H3,(H,53,62)(H,54,65)(H,55,61)(H,56,66)(H,63,64)/t34-,35-,36-,37-,39+,43+,45+,47-,48-,49?,50?,51+/m0/s1. The number of benzene rings is 2. The van der Waals surface area contributed by atoms with Crippen molar-refractivity contribution in [2.45, 2.75) is 120 Å². The van der Waals surface area contributed by atoms with Crippen LogP contribution in [-0.2, 0) is 60.8 Å². The quantitative estimate of drug-likeness (QED) is 0.0997. The summed E-state index contributed by atoms with van der Waals surface area (Å²) >= 11 is 0. The summed E-state index contributed by atoms with van der Waals surface area (Å²) in [4.78, 5) is 91.4. The molecular weight excluding hydrogens is 907 g/mol. The molecule has 1 heterocycles. The first-order chi connectivity index (χ1) is 33.3. The zero-order chi connectivity index (χ0) is 49.8. The van der Waals surface area contributed by atoms with E-state index in [-0.39, 0.29) is 47.5 Å². The van der Waals surface area contributed by atoms with E-state index in [9.17, 15) is 43.8 Å². The molecule has 10 rings (SSSR count). The second kappa shape index (κ2) is 18.7. The van der Waals surface area contributed by atoms with E-state index in [2.05, 4.69) is 33.0 Å². The third-order valence-corrected chi connectivity index (χ3v) is 16.7. The molecule has 2 bridgehead atoms. The number of Topliss-reactive ketones (excluding diaryl/α,β-unsaturated/α-hetero) is 1. The van der Waals surface area contributed by atoms with Gasteiger partial charge in [0.1, 0.15) is 25.9 Å². The fraction of sp³-hybridized carbons (Fsp3) is 0.549. The highest BCUT2D eigenvalue weighted by Crippen LogP contribution is 2.71. The number of aliphatic hydroxyl groups excluding tert-OH is 2. The van der Waals surface area contributed by atoms with Crippen molar-refractivity contribution in [1.82, 2.24) is 16.0 Å². The number of fused-ring (bicyclic) bond motifs is 7. The molecule has 70 heavy (non-hydrogen) atoms. The second-order valence-electron chi connectivity index (χ2n) is 21.1.